The highest BCUT2D eigenvalue weighted by atomic mass is 16.3. The highest BCUT2D eigenvalue weighted by Gasteiger charge is 2.39. The zero-order valence-corrected chi connectivity index (χ0v) is 11.3. The first-order valence-electron chi connectivity index (χ1n) is 6.56. The molecule has 2 N–H and O–H groups in total. The standard InChI is InChI=1S/C14H20N2O3/c1-14(9-17)8-4-6-11(14)15-13(19)10-5-3-7-12(18)16(10)2/h3,5,7,11,17H,4,6,8-9H2,1-2H3,(H,15,19). The van der Waals surface area contributed by atoms with Crippen LogP contribution in [0.4, 0.5) is 0 Å². The largest absolute Gasteiger partial charge is 0.396 e. The molecule has 19 heavy (non-hydrogen) atoms. The molecule has 2 rings (SSSR count). The molecule has 1 aromatic rings. The van der Waals surface area contributed by atoms with Crippen LogP contribution in [-0.4, -0.2) is 28.2 Å². The molecule has 1 aliphatic carbocycles. The van der Waals surface area contributed by atoms with Crippen LogP contribution in [0.25, 0.3) is 0 Å². The Kier molecular flexibility index (Phi) is 3.75. The topological polar surface area (TPSA) is 71.3 Å². The first-order chi connectivity index (χ1) is 8.98. The molecule has 1 amide bonds. The summed E-state index contributed by atoms with van der Waals surface area (Å²) in [6, 6.07) is 4.59. The van der Waals surface area contributed by atoms with Crippen LogP contribution in [-0.2, 0) is 7.05 Å². The fourth-order valence-electron chi connectivity index (χ4n) is 2.69. The Morgan fingerprint density at radius 2 is 2.32 bits per heavy atom. The second-order valence-electron chi connectivity index (χ2n) is 5.54. The summed E-state index contributed by atoms with van der Waals surface area (Å²) in [4.78, 5) is 23.7. The molecule has 1 heterocycles. The third-order valence-corrected chi connectivity index (χ3v) is 4.17. The molecular formula is C14H20N2O3. The van der Waals surface area contributed by atoms with Crippen molar-refractivity contribution in [3.63, 3.8) is 0 Å². The maximum Gasteiger partial charge on any atom is 0.268 e. The van der Waals surface area contributed by atoms with Gasteiger partial charge in [0.05, 0.1) is 6.61 Å². The van der Waals surface area contributed by atoms with Crippen molar-refractivity contribution in [3.8, 4) is 0 Å². The van der Waals surface area contributed by atoms with Gasteiger partial charge in [-0.2, -0.15) is 0 Å². The SMILES string of the molecule is Cn1c(C(=O)NC2CCCC2(C)CO)cccc1=O. The molecule has 2 atom stereocenters. The first-order valence-corrected chi connectivity index (χ1v) is 6.56. The molecule has 0 aromatic carbocycles. The molecule has 0 spiro atoms. The lowest BCUT2D eigenvalue weighted by Gasteiger charge is -2.30. The summed E-state index contributed by atoms with van der Waals surface area (Å²) in [5.41, 5.74) is -0.118. The van der Waals surface area contributed by atoms with Crippen LogP contribution in [0.15, 0.2) is 23.0 Å². The summed E-state index contributed by atoms with van der Waals surface area (Å²) in [6.07, 6.45) is 2.77. The second-order valence-corrected chi connectivity index (χ2v) is 5.54. The van der Waals surface area contributed by atoms with Gasteiger partial charge in [0.15, 0.2) is 0 Å². The number of carbonyl (C=O) groups excluding carboxylic acids is 1. The highest BCUT2D eigenvalue weighted by molar-refractivity contribution is 5.92. The Bertz CT molecular complexity index is 538. The third-order valence-electron chi connectivity index (χ3n) is 4.17. The molecule has 2 unspecified atom stereocenters. The molecule has 1 saturated carbocycles. The number of aliphatic hydroxyl groups is 1. The van der Waals surface area contributed by atoms with Crippen molar-refractivity contribution in [2.45, 2.75) is 32.2 Å². The number of nitrogens with zero attached hydrogens (tertiary/aromatic N) is 1. The normalized spacial score (nSPS) is 26.4. The van der Waals surface area contributed by atoms with Gasteiger partial charge in [-0.15, -0.1) is 0 Å². The number of aromatic nitrogens is 1. The Morgan fingerprint density at radius 3 is 3.00 bits per heavy atom. The summed E-state index contributed by atoms with van der Waals surface area (Å²) >= 11 is 0. The van der Waals surface area contributed by atoms with E-state index in [0.717, 1.165) is 19.3 Å². The molecule has 5 heteroatoms. The molecule has 104 valence electrons. The monoisotopic (exact) mass is 264 g/mol. The number of pyridine rings is 1. The van der Waals surface area contributed by atoms with E-state index in [2.05, 4.69) is 5.32 Å². The Morgan fingerprint density at radius 1 is 1.58 bits per heavy atom. The van der Waals surface area contributed by atoms with Crippen LogP contribution in [0.2, 0.25) is 0 Å². The minimum Gasteiger partial charge on any atom is -0.396 e. The van der Waals surface area contributed by atoms with Crippen LogP contribution in [0.3, 0.4) is 0 Å². The van der Waals surface area contributed by atoms with Crippen LogP contribution in [0.5, 0.6) is 0 Å². The quantitative estimate of drug-likeness (QED) is 0.842. The van der Waals surface area contributed by atoms with Gasteiger partial charge in [-0.05, 0) is 18.9 Å². The average molecular weight is 264 g/mol. The molecular weight excluding hydrogens is 244 g/mol. The summed E-state index contributed by atoms with van der Waals surface area (Å²) in [7, 11) is 1.58. The van der Waals surface area contributed by atoms with Crippen molar-refractivity contribution in [2.75, 3.05) is 6.61 Å². The van der Waals surface area contributed by atoms with Gasteiger partial charge in [0, 0.05) is 24.6 Å². The smallest absolute Gasteiger partial charge is 0.268 e. The lowest BCUT2D eigenvalue weighted by atomic mass is 9.86. The average Bonchev–Trinajstić information content (AvgIpc) is 2.75. The van der Waals surface area contributed by atoms with Gasteiger partial charge in [-0.1, -0.05) is 19.4 Å². The molecule has 1 aliphatic rings. The zero-order valence-electron chi connectivity index (χ0n) is 11.3. The van der Waals surface area contributed by atoms with E-state index in [9.17, 15) is 14.7 Å². The molecule has 0 saturated heterocycles. The number of amides is 1. The third kappa shape index (κ3) is 2.56. The molecule has 1 fully saturated rings. The lowest BCUT2D eigenvalue weighted by Crippen LogP contribution is -2.45. The number of hydrogen-bond donors (Lipinski definition) is 2. The Balaban J connectivity index is 2.18. The number of aliphatic hydroxyl groups excluding tert-OH is 1. The van der Waals surface area contributed by atoms with Crippen molar-refractivity contribution in [1.82, 2.24) is 9.88 Å². The van der Waals surface area contributed by atoms with Crippen LogP contribution >= 0.6 is 0 Å². The van der Waals surface area contributed by atoms with Crippen molar-refractivity contribution in [3.05, 3.63) is 34.2 Å². The van der Waals surface area contributed by atoms with Crippen molar-refractivity contribution >= 4 is 5.91 Å². The minimum absolute atomic E-state index is 0.0414. The van der Waals surface area contributed by atoms with E-state index in [1.165, 1.54) is 10.6 Å². The van der Waals surface area contributed by atoms with Crippen molar-refractivity contribution < 1.29 is 9.90 Å². The number of carbonyl (C=O) groups is 1. The fraction of sp³-hybridized carbons (Fsp3) is 0.571. The van der Waals surface area contributed by atoms with E-state index >= 15 is 0 Å². The molecule has 0 bridgehead atoms. The van der Waals surface area contributed by atoms with Gasteiger partial charge in [-0.25, -0.2) is 0 Å². The molecule has 0 radical (unpaired) electrons. The zero-order chi connectivity index (χ0) is 14.0. The summed E-state index contributed by atoms with van der Waals surface area (Å²) in [5, 5.41) is 12.4. The van der Waals surface area contributed by atoms with E-state index in [0.29, 0.717) is 5.69 Å². The predicted octanol–water partition coefficient (Wildman–Crippen LogP) is 0.666. The van der Waals surface area contributed by atoms with Gasteiger partial charge < -0.3 is 15.0 Å². The van der Waals surface area contributed by atoms with E-state index in [1.54, 1.807) is 19.2 Å². The van der Waals surface area contributed by atoms with Gasteiger partial charge in [0.2, 0.25) is 0 Å². The lowest BCUT2D eigenvalue weighted by molar-refractivity contribution is 0.0822. The van der Waals surface area contributed by atoms with Gasteiger partial charge >= 0.3 is 0 Å². The maximum atomic E-state index is 12.2. The van der Waals surface area contributed by atoms with Gasteiger partial charge in [0.25, 0.3) is 11.5 Å². The maximum absolute atomic E-state index is 12.2. The van der Waals surface area contributed by atoms with Crippen LogP contribution in [0, 0.1) is 5.41 Å². The molecule has 5 nitrogen and oxygen atoms in total. The first kappa shape index (κ1) is 13.8. The fourth-order valence-corrected chi connectivity index (χ4v) is 2.69. The van der Waals surface area contributed by atoms with Crippen LogP contribution in [0.1, 0.15) is 36.7 Å². The van der Waals surface area contributed by atoms with Gasteiger partial charge in [0.1, 0.15) is 5.69 Å². The number of hydrogen-bond acceptors (Lipinski definition) is 3. The van der Waals surface area contributed by atoms with Gasteiger partial charge in [-0.3, -0.25) is 9.59 Å². The molecule has 1 aromatic heterocycles. The second kappa shape index (κ2) is 5.17. The summed E-state index contributed by atoms with van der Waals surface area (Å²) < 4.78 is 1.33. The predicted molar refractivity (Wildman–Crippen MR) is 72.0 cm³/mol. The Hall–Kier alpha value is -1.62. The highest BCUT2D eigenvalue weighted by Crippen LogP contribution is 2.37. The van der Waals surface area contributed by atoms with Crippen molar-refractivity contribution in [1.29, 1.82) is 0 Å². The van der Waals surface area contributed by atoms with Crippen molar-refractivity contribution in [2.24, 2.45) is 12.5 Å². The number of rotatable bonds is 3. The van der Waals surface area contributed by atoms with E-state index in [4.69, 9.17) is 0 Å². The van der Waals surface area contributed by atoms with E-state index in [-0.39, 0.29) is 29.5 Å². The number of nitrogens with one attached hydrogen (secondary N) is 1. The molecule has 0 aliphatic heterocycles. The minimum atomic E-state index is -0.261. The summed E-state index contributed by atoms with van der Waals surface area (Å²) in [5.74, 6) is -0.258. The summed E-state index contributed by atoms with van der Waals surface area (Å²) in [6.45, 7) is 2.04. The van der Waals surface area contributed by atoms with E-state index < -0.39 is 0 Å². The van der Waals surface area contributed by atoms with E-state index in [1.807, 2.05) is 6.92 Å². The van der Waals surface area contributed by atoms with Crippen LogP contribution < -0.4 is 10.9 Å². The Labute approximate surface area is 112 Å².